The van der Waals surface area contributed by atoms with E-state index < -0.39 is 73.2 Å². The summed E-state index contributed by atoms with van der Waals surface area (Å²) in [6, 6.07) is -3.56. The highest BCUT2D eigenvalue weighted by atomic mass is 32.2. The average Bonchev–Trinajstić information content (AvgIpc) is 3.36. The zero-order chi connectivity index (χ0) is 38.0. The number of urea groups is 1. The van der Waals surface area contributed by atoms with Gasteiger partial charge in [-0.15, -0.1) is 0 Å². The number of ether oxygens (including phenoxy) is 1. The van der Waals surface area contributed by atoms with Crippen LogP contribution >= 0.6 is 0 Å². The molecule has 0 aromatic carbocycles. The molecule has 4 rings (SSSR count). The normalized spacial score (nSPS) is 26.2. The van der Waals surface area contributed by atoms with Crippen LogP contribution in [0.4, 0.5) is 4.79 Å². The molecule has 2 saturated heterocycles. The molecule has 290 valence electrons. The van der Waals surface area contributed by atoms with Crippen LogP contribution in [-0.4, -0.2) is 103 Å². The van der Waals surface area contributed by atoms with Crippen molar-refractivity contribution in [2.45, 2.75) is 148 Å². The van der Waals surface area contributed by atoms with Gasteiger partial charge in [0.2, 0.25) is 17.6 Å². The van der Waals surface area contributed by atoms with Gasteiger partial charge in [-0.05, 0) is 68.1 Å². The average molecular weight is 738 g/mol. The number of hydrogen-bond acceptors (Lipinski definition) is 8. The minimum absolute atomic E-state index is 0.0575. The fourth-order valence-corrected chi connectivity index (χ4v) is 10.7. The number of likely N-dealkylation sites (tertiary alicyclic amines) is 1. The Morgan fingerprint density at radius 3 is 2.10 bits per heavy atom. The van der Waals surface area contributed by atoms with E-state index in [1.165, 1.54) is 4.90 Å². The highest BCUT2D eigenvalue weighted by Gasteiger charge is 2.70. The standard InChI is InChI=1S/C37H63N5O8S/c1-9-14-25(28(43)31(45)38-19-10-2)39-30(44)27-26-24(35(26,6)7)22-42(27)32(46)29(34(3,4)5)40-33(47)41-37(15-12-11-13-16-37)23-51(48,49)36(8)17-20-50-21-18-36/h24-27,29H,9-23H2,1-8H3,(H,38,45)(H,39,44)(H2,40,41,47)/t24-,25-,26-,27-,29+/m0/s1. The second-order valence-electron chi connectivity index (χ2n) is 17.4. The zero-order valence-electron chi connectivity index (χ0n) is 32.1. The molecule has 2 aliphatic carbocycles. The number of nitrogens with one attached hydrogen (secondary N) is 4. The molecule has 14 heteroatoms. The summed E-state index contributed by atoms with van der Waals surface area (Å²) < 4.78 is 32.3. The Balaban J connectivity index is 1.54. The van der Waals surface area contributed by atoms with E-state index in [-0.39, 0.29) is 29.4 Å². The predicted octanol–water partition coefficient (Wildman–Crippen LogP) is 3.25. The molecule has 51 heavy (non-hydrogen) atoms. The minimum atomic E-state index is -3.62. The highest BCUT2D eigenvalue weighted by molar-refractivity contribution is 7.92. The number of ketones is 1. The Hall–Kier alpha value is -2.74. The van der Waals surface area contributed by atoms with Gasteiger partial charge in [0.1, 0.15) is 12.1 Å². The fraction of sp³-hybridized carbons (Fsp3) is 0.865. The largest absolute Gasteiger partial charge is 0.381 e. The highest BCUT2D eigenvalue weighted by Crippen LogP contribution is 2.65. The Bertz CT molecular complexity index is 1430. The van der Waals surface area contributed by atoms with E-state index in [4.69, 9.17) is 4.74 Å². The number of nitrogens with zero attached hydrogens (tertiary/aromatic N) is 1. The molecule has 2 heterocycles. The molecule has 4 fully saturated rings. The lowest BCUT2D eigenvalue weighted by atomic mass is 9.83. The summed E-state index contributed by atoms with van der Waals surface area (Å²) in [7, 11) is -3.62. The second-order valence-corrected chi connectivity index (χ2v) is 19.9. The molecule has 4 N–H and O–H groups in total. The van der Waals surface area contributed by atoms with Gasteiger partial charge < -0.3 is 30.9 Å². The topological polar surface area (TPSA) is 180 Å². The van der Waals surface area contributed by atoms with E-state index in [9.17, 15) is 32.4 Å². The summed E-state index contributed by atoms with van der Waals surface area (Å²) in [4.78, 5) is 69.6. The lowest BCUT2D eigenvalue weighted by molar-refractivity contribution is -0.145. The molecule has 0 aromatic heterocycles. The first-order valence-electron chi connectivity index (χ1n) is 19.1. The first-order valence-corrected chi connectivity index (χ1v) is 20.7. The molecule has 13 nitrogen and oxygen atoms in total. The third kappa shape index (κ3) is 8.91. The maximum Gasteiger partial charge on any atom is 0.315 e. The van der Waals surface area contributed by atoms with Crippen LogP contribution in [0.2, 0.25) is 0 Å². The molecular weight excluding hydrogens is 675 g/mol. The molecule has 2 saturated carbocycles. The lowest BCUT2D eigenvalue weighted by Crippen LogP contribution is -2.64. The number of sulfone groups is 1. The number of rotatable bonds is 14. The van der Waals surface area contributed by atoms with E-state index in [1.54, 1.807) is 6.92 Å². The van der Waals surface area contributed by atoms with Gasteiger partial charge in [-0.25, -0.2) is 13.2 Å². The van der Waals surface area contributed by atoms with Gasteiger partial charge in [-0.3, -0.25) is 19.2 Å². The van der Waals surface area contributed by atoms with Crippen molar-refractivity contribution in [1.29, 1.82) is 0 Å². The second kappa shape index (κ2) is 15.7. The van der Waals surface area contributed by atoms with E-state index in [1.807, 2.05) is 34.6 Å². The van der Waals surface area contributed by atoms with Crippen molar-refractivity contribution in [2.75, 3.05) is 32.1 Å². The van der Waals surface area contributed by atoms with E-state index in [0.717, 1.165) is 19.3 Å². The molecule has 0 spiro atoms. The first kappa shape index (κ1) is 41.0. The van der Waals surface area contributed by atoms with E-state index in [0.29, 0.717) is 64.8 Å². The maximum atomic E-state index is 14.5. The third-order valence-electron chi connectivity index (χ3n) is 12.1. The first-order chi connectivity index (χ1) is 23.7. The van der Waals surface area contributed by atoms with Gasteiger partial charge in [0.25, 0.3) is 5.91 Å². The summed E-state index contributed by atoms with van der Waals surface area (Å²) >= 11 is 0. The molecule has 0 bridgehead atoms. The minimum Gasteiger partial charge on any atom is -0.381 e. The monoisotopic (exact) mass is 737 g/mol. The van der Waals surface area contributed by atoms with Crippen molar-refractivity contribution in [3.05, 3.63) is 0 Å². The molecular formula is C37H63N5O8S. The quantitative estimate of drug-likeness (QED) is 0.196. The fourth-order valence-electron chi connectivity index (χ4n) is 8.52. The van der Waals surface area contributed by atoms with Gasteiger partial charge in [0.05, 0.1) is 22.1 Å². The van der Waals surface area contributed by atoms with Crippen LogP contribution in [0.15, 0.2) is 0 Å². The number of piperidine rings is 1. The molecule has 5 atom stereocenters. The molecule has 2 aliphatic heterocycles. The molecule has 5 amide bonds. The summed E-state index contributed by atoms with van der Waals surface area (Å²) in [5.74, 6) is -2.63. The van der Waals surface area contributed by atoms with Crippen LogP contribution in [0.5, 0.6) is 0 Å². The molecule has 0 aromatic rings. The van der Waals surface area contributed by atoms with Crippen molar-refractivity contribution in [1.82, 2.24) is 26.2 Å². The third-order valence-corrected chi connectivity index (χ3v) is 14.9. The van der Waals surface area contributed by atoms with E-state index >= 15 is 0 Å². The number of amides is 5. The van der Waals surface area contributed by atoms with Crippen molar-refractivity contribution >= 4 is 39.4 Å². The van der Waals surface area contributed by atoms with Gasteiger partial charge in [0.15, 0.2) is 9.84 Å². The Kier molecular flexibility index (Phi) is 12.6. The van der Waals surface area contributed by atoms with Crippen molar-refractivity contribution in [3.63, 3.8) is 0 Å². The van der Waals surface area contributed by atoms with Crippen LogP contribution in [0.25, 0.3) is 0 Å². The number of fused-ring (bicyclic) bond motifs is 1. The van der Waals surface area contributed by atoms with Crippen LogP contribution in [0, 0.1) is 22.7 Å². The number of hydrogen-bond donors (Lipinski definition) is 4. The van der Waals surface area contributed by atoms with Crippen molar-refractivity contribution in [3.8, 4) is 0 Å². The predicted molar refractivity (Wildman–Crippen MR) is 194 cm³/mol. The van der Waals surface area contributed by atoms with Crippen LogP contribution in [0.3, 0.4) is 0 Å². The van der Waals surface area contributed by atoms with Gasteiger partial charge in [-0.1, -0.05) is 74.1 Å². The lowest BCUT2D eigenvalue weighted by Gasteiger charge is -2.42. The Labute approximate surface area is 304 Å². The van der Waals surface area contributed by atoms with Crippen molar-refractivity contribution < 1.29 is 37.1 Å². The summed E-state index contributed by atoms with van der Waals surface area (Å²) in [6.07, 6.45) is 5.85. The molecule has 0 unspecified atom stereocenters. The molecule has 4 aliphatic rings. The van der Waals surface area contributed by atoms with Gasteiger partial charge in [0, 0.05) is 26.3 Å². The molecule has 0 radical (unpaired) electrons. The van der Waals surface area contributed by atoms with Crippen molar-refractivity contribution in [2.24, 2.45) is 22.7 Å². The zero-order valence-corrected chi connectivity index (χ0v) is 32.9. The Morgan fingerprint density at radius 2 is 1.53 bits per heavy atom. The smallest absolute Gasteiger partial charge is 0.315 e. The number of carbonyl (C=O) groups is 5. The van der Waals surface area contributed by atoms with Crippen LogP contribution < -0.4 is 21.3 Å². The van der Waals surface area contributed by atoms with E-state index in [2.05, 4.69) is 35.1 Å². The number of carbonyl (C=O) groups excluding carboxylic acids is 5. The van der Waals surface area contributed by atoms with Crippen LogP contribution in [0.1, 0.15) is 120 Å². The maximum absolute atomic E-state index is 14.5. The summed E-state index contributed by atoms with van der Waals surface area (Å²) in [5, 5.41) is 11.4. The van der Waals surface area contributed by atoms with Gasteiger partial charge >= 0.3 is 6.03 Å². The summed E-state index contributed by atoms with van der Waals surface area (Å²) in [5.41, 5.74) is -1.94. The number of Topliss-reactive ketones (excluding diaryl/α,β-unsaturated/α-hetero) is 1. The summed E-state index contributed by atoms with van der Waals surface area (Å²) in [6.45, 7) is 16.6. The van der Waals surface area contributed by atoms with Gasteiger partial charge in [-0.2, -0.15) is 0 Å². The Morgan fingerprint density at radius 1 is 0.902 bits per heavy atom. The SMILES string of the molecule is CCCNC(=O)C(=O)[C@H](CCC)NC(=O)[C@@H]1[C@@H]2[C@H](CN1C(=O)[C@@H](NC(=O)NC1(CS(=O)(=O)C3(C)CCOCC3)CCCCC1)C(C)(C)C)C2(C)C. The van der Waals surface area contributed by atoms with Crippen LogP contribution in [-0.2, 0) is 33.8 Å².